The minimum absolute atomic E-state index is 0.0878. The summed E-state index contributed by atoms with van der Waals surface area (Å²) in [5, 5.41) is 2.03. The van der Waals surface area contributed by atoms with E-state index in [2.05, 4.69) is 0 Å². The number of hydrazine groups is 1. The zero-order valence-corrected chi connectivity index (χ0v) is 23.2. The molecule has 0 bridgehead atoms. The van der Waals surface area contributed by atoms with Gasteiger partial charge in [-0.15, -0.1) is 4.41 Å². The van der Waals surface area contributed by atoms with Gasteiger partial charge in [0.05, 0.1) is 30.9 Å². The van der Waals surface area contributed by atoms with E-state index in [1.807, 2.05) is 25.1 Å². The van der Waals surface area contributed by atoms with E-state index in [1.54, 1.807) is 60.7 Å². The first kappa shape index (κ1) is 26.9. The molecule has 39 heavy (non-hydrogen) atoms. The molecule has 0 aliphatic carbocycles. The van der Waals surface area contributed by atoms with Crippen LogP contribution in [0.25, 0.3) is 11.8 Å². The molecule has 0 radical (unpaired) electrons. The molecule has 1 unspecified atom stereocenters. The molecule has 1 saturated heterocycles. The van der Waals surface area contributed by atoms with Crippen LogP contribution in [0.3, 0.4) is 0 Å². The van der Waals surface area contributed by atoms with Gasteiger partial charge in [0.2, 0.25) is 0 Å². The molecule has 2 heterocycles. The van der Waals surface area contributed by atoms with Crippen molar-refractivity contribution in [3.8, 4) is 0 Å². The van der Waals surface area contributed by atoms with Crippen LogP contribution < -0.4 is 0 Å². The van der Waals surface area contributed by atoms with Gasteiger partial charge in [-0.05, 0) is 60.4 Å². The van der Waals surface area contributed by atoms with Crippen molar-refractivity contribution in [2.45, 2.75) is 24.3 Å². The maximum Gasteiger partial charge on any atom is 0.325 e. The van der Waals surface area contributed by atoms with Gasteiger partial charge in [0.1, 0.15) is 0 Å². The lowest BCUT2D eigenvalue weighted by Gasteiger charge is -2.54. The number of rotatable bonds is 5. The van der Waals surface area contributed by atoms with E-state index in [0.717, 1.165) is 11.1 Å². The Hall–Kier alpha value is -3.66. The van der Waals surface area contributed by atoms with Crippen LogP contribution in [-0.4, -0.2) is 50.5 Å². The summed E-state index contributed by atoms with van der Waals surface area (Å²) in [6.07, 6.45) is 1.69. The zero-order chi connectivity index (χ0) is 27.9. The molecule has 3 aromatic carbocycles. The SMILES string of the molecule is COC(=O)C1(C(=O)OC)CCN(S(=O)(=O)c2ccc(C)cc2)N2C(c3ccc(Cl)cc3)=Cc3ccccc3C21. The van der Waals surface area contributed by atoms with Gasteiger partial charge in [0.25, 0.3) is 10.0 Å². The van der Waals surface area contributed by atoms with Crippen molar-refractivity contribution >= 4 is 45.3 Å². The van der Waals surface area contributed by atoms with E-state index in [-0.39, 0.29) is 17.9 Å². The van der Waals surface area contributed by atoms with Crippen LogP contribution in [0.15, 0.2) is 77.7 Å². The Morgan fingerprint density at radius 3 is 2.15 bits per heavy atom. The molecule has 1 fully saturated rings. The van der Waals surface area contributed by atoms with Crippen LogP contribution in [-0.2, 0) is 29.1 Å². The Balaban J connectivity index is 1.82. The van der Waals surface area contributed by atoms with E-state index in [9.17, 15) is 18.0 Å². The van der Waals surface area contributed by atoms with E-state index >= 15 is 0 Å². The molecule has 0 saturated carbocycles. The predicted octanol–water partition coefficient (Wildman–Crippen LogP) is 4.85. The van der Waals surface area contributed by atoms with Crippen molar-refractivity contribution in [3.63, 3.8) is 0 Å². The van der Waals surface area contributed by atoms with E-state index < -0.39 is 33.4 Å². The number of carbonyl (C=O) groups excluding carboxylic acids is 2. The molecule has 0 spiro atoms. The number of halogens is 1. The molecule has 0 N–H and O–H groups in total. The number of carbonyl (C=O) groups is 2. The van der Waals surface area contributed by atoms with Crippen molar-refractivity contribution in [3.05, 3.63) is 100 Å². The lowest BCUT2D eigenvalue weighted by molar-refractivity contribution is -0.184. The number of benzene rings is 3. The number of ether oxygens (including phenoxy) is 2. The number of sulfonamides is 1. The quantitative estimate of drug-likeness (QED) is 0.322. The van der Waals surface area contributed by atoms with Crippen LogP contribution in [0.2, 0.25) is 5.02 Å². The van der Waals surface area contributed by atoms with Gasteiger partial charge in [-0.25, -0.2) is 8.42 Å². The Morgan fingerprint density at radius 1 is 0.923 bits per heavy atom. The fraction of sp³-hybridized carbons (Fsp3) is 0.241. The first-order valence-corrected chi connectivity index (χ1v) is 14.1. The molecular formula is C29H27ClN2O6S. The topological polar surface area (TPSA) is 93.2 Å². The molecule has 8 nitrogen and oxygen atoms in total. The Labute approximate surface area is 232 Å². The second kappa shape index (κ2) is 10.1. The van der Waals surface area contributed by atoms with Gasteiger partial charge >= 0.3 is 11.9 Å². The summed E-state index contributed by atoms with van der Waals surface area (Å²) in [4.78, 5) is 27.2. The third kappa shape index (κ3) is 4.30. The largest absolute Gasteiger partial charge is 0.468 e. The Kier molecular flexibility index (Phi) is 7.00. The van der Waals surface area contributed by atoms with Gasteiger partial charge < -0.3 is 9.47 Å². The second-order valence-electron chi connectivity index (χ2n) is 9.48. The number of methoxy groups -OCH3 is 2. The highest BCUT2D eigenvalue weighted by Gasteiger charge is 2.63. The first-order chi connectivity index (χ1) is 18.6. The third-order valence-electron chi connectivity index (χ3n) is 7.31. The molecule has 2 aliphatic heterocycles. The molecule has 0 amide bonds. The second-order valence-corrected chi connectivity index (χ2v) is 11.8. The van der Waals surface area contributed by atoms with Crippen LogP contribution in [0.1, 0.15) is 34.7 Å². The average molecular weight is 567 g/mol. The fourth-order valence-electron chi connectivity index (χ4n) is 5.39. The van der Waals surface area contributed by atoms with Gasteiger partial charge in [-0.2, -0.15) is 0 Å². The zero-order valence-electron chi connectivity index (χ0n) is 21.6. The predicted molar refractivity (Wildman–Crippen MR) is 146 cm³/mol. The van der Waals surface area contributed by atoms with E-state index in [1.165, 1.54) is 23.6 Å². The highest BCUT2D eigenvalue weighted by molar-refractivity contribution is 7.89. The Morgan fingerprint density at radius 2 is 1.54 bits per heavy atom. The number of nitrogens with zero attached hydrogens (tertiary/aromatic N) is 2. The maximum absolute atomic E-state index is 14.2. The molecule has 10 heteroatoms. The minimum atomic E-state index is -4.13. The van der Waals surface area contributed by atoms with E-state index in [4.69, 9.17) is 21.1 Å². The van der Waals surface area contributed by atoms with Crippen molar-refractivity contribution in [2.75, 3.05) is 20.8 Å². The number of fused-ring (bicyclic) bond motifs is 3. The molecule has 202 valence electrons. The number of hydrogen-bond acceptors (Lipinski definition) is 7. The van der Waals surface area contributed by atoms with Gasteiger partial charge in [-0.3, -0.25) is 14.6 Å². The highest BCUT2D eigenvalue weighted by Crippen LogP contribution is 2.54. The monoisotopic (exact) mass is 566 g/mol. The van der Waals surface area contributed by atoms with E-state index in [0.29, 0.717) is 21.8 Å². The van der Waals surface area contributed by atoms with Crippen molar-refractivity contribution in [1.29, 1.82) is 0 Å². The molecule has 1 atom stereocenters. The summed E-state index contributed by atoms with van der Waals surface area (Å²) >= 11 is 6.17. The van der Waals surface area contributed by atoms with Crippen LogP contribution in [0.4, 0.5) is 0 Å². The lowest BCUT2D eigenvalue weighted by atomic mass is 9.70. The van der Waals surface area contributed by atoms with Gasteiger partial charge in [-0.1, -0.05) is 65.7 Å². The van der Waals surface area contributed by atoms with Crippen molar-refractivity contribution in [2.24, 2.45) is 5.41 Å². The van der Waals surface area contributed by atoms with Gasteiger partial charge in [0, 0.05) is 11.6 Å². The first-order valence-electron chi connectivity index (χ1n) is 12.3. The summed E-state index contributed by atoms with van der Waals surface area (Å²) in [5.74, 6) is -1.60. The average Bonchev–Trinajstić information content (AvgIpc) is 2.95. The van der Waals surface area contributed by atoms with Crippen molar-refractivity contribution < 1.29 is 27.5 Å². The number of hydrogen-bond donors (Lipinski definition) is 0. The van der Waals surface area contributed by atoms with Crippen LogP contribution in [0, 0.1) is 12.3 Å². The number of aryl methyl sites for hydroxylation is 1. The minimum Gasteiger partial charge on any atom is -0.468 e. The van der Waals surface area contributed by atoms with Crippen LogP contribution in [0.5, 0.6) is 0 Å². The molecular weight excluding hydrogens is 540 g/mol. The third-order valence-corrected chi connectivity index (χ3v) is 9.35. The maximum atomic E-state index is 14.2. The molecule has 3 aromatic rings. The number of esters is 2. The normalized spacial score (nSPS) is 18.4. The molecule has 0 aromatic heterocycles. The Bertz CT molecular complexity index is 1550. The molecule has 2 aliphatic rings. The summed E-state index contributed by atoms with van der Waals surface area (Å²) in [7, 11) is -1.72. The summed E-state index contributed by atoms with van der Waals surface area (Å²) in [5.41, 5.74) is 1.52. The van der Waals surface area contributed by atoms with Gasteiger partial charge in [0.15, 0.2) is 5.41 Å². The summed E-state index contributed by atoms with van der Waals surface area (Å²) < 4.78 is 40.0. The summed E-state index contributed by atoms with van der Waals surface area (Å²) in [6.45, 7) is 1.70. The fourth-order valence-corrected chi connectivity index (χ4v) is 6.99. The van der Waals surface area contributed by atoms with Crippen LogP contribution >= 0.6 is 11.6 Å². The summed E-state index contributed by atoms with van der Waals surface area (Å²) in [6, 6.07) is 19.7. The molecule has 5 rings (SSSR count). The highest BCUT2D eigenvalue weighted by atomic mass is 35.5. The smallest absolute Gasteiger partial charge is 0.325 e. The lowest BCUT2D eigenvalue weighted by Crippen LogP contribution is -2.63. The standard InChI is InChI=1S/C29H27ClN2O6S/c1-19-8-14-23(15-9-19)39(35,36)31-17-16-29(27(33)37-2,28(34)38-3)26-24-7-5-4-6-21(24)18-25(32(26)31)20-10-12-22(30)13-11-20/h4-15,18,26H,16-17H2,1-3H3. The van der Waals surface area contributed by atoms with Crippen molar-refractivity contribution in [1.82, 2.24) is 9.42 Å².